The van der Waals surface area contributed by atoms with E-state index in [-0.39, 0.29) is 6.03 Å². The van der Waals surface area contributed by atoms with E-state index in [1.165, 1.54) is 12.8 Å². The lowest BCUT2D eigenvalue weighted by Crippen LogP contribution is -2.30. The van der Waals surface area contributed by atoms with Gasteiger partial charge in [-0.25, -0.2) is 4.79 Å². The molecule has 1 aliphatic rings. The van der Waals surface area contributed by atoms with Gasteiger partial charge in [-0.2, -0.15) is 0 Å². The highest BCUT2D eigenvalue weighted by atomic mass is 16.2. The third kappa shape index (κ3) is 3.15. The average molecular weight is 247 g/mol. The lowest BCUT2D eigenvalue weighted by molar-refractivity contribution is 0.252. The Labute approximate surface area is 108 Å². The Hall–Kier alpha value is -1.71. The Balaban J connectivity index is 2.05. The summed E-state index contributed by atoms with van der Waals surface area (Å²) in [5.41, 5.74) is 2.02. The van der Waals surface area contributed by atoms with Crippen LogP contribution < -0.4 is 15.5 Å². The zero-order valence-corrected chi connectivity index (χ0v) is 10.9. The fourth-order valence-electron chi connectivity index (χ4n) is 2.22. The second kappa shape index (κ2) is 6.28. The van der Waals surface area contributed by atoms with E-state index in [9.17, 15) is 4.79 Å². The smallest absolute Gasteiger partial charge is 0.319 e. The standard InChI is InChI=1S/C14H21N3O/c1-2-9-15-14(18)16-12-7-3-4-8-13(12)17-10-5-6-11-17/h3-4,7-8H,2,5-6,9-11H2,1H3,(H2,15,16,18). The summed E-state index contributed by atoms with van der Waals surface area (Å²) in [6, 6.07) is 7.88. The SMILES string of the molecule is CCCNC(=O)Nc1ccccc1N1CCCC1. The van der Waals surface area contributed by atoms with Crippen LogP contribution in [0.25, 0.3) is 0 Å². The Kier molecular flexibility index (Phi) is 4.45. The number of rotatable bonds is 4. The highest BCUT2D eigenvalue weighted by Crippen LogP contribution is 2.28. The molecule has 0 atom stereocenters. The molecule has 1 aliphatic heterocycles. The molecule has 0 aliphatic carbocycles. The van der Waals surface area contributed by atoms with Crippen molar-refractivity contribution < 1.29 is 4.79 Å². The first kappa shape index (κ1) is 12.7. The number of hydrogen-bond donors (Lipinski definition) is 2. The number of carbonyl (C=O) groups is 1. The van der Waals surface area contributed by atoms with Gasteiger partial charge in [-0.1, -0.05) is 19.1 Å². The predicted octanol–water partition coefficient (Wildman–Crippen LogP) is 2.82. The van der Waals surface area contributed by atoms with E-state index in [0.717, 1.165) is 30.9 Å². The lowest BCUT2D eigenvalue weighted by atomic mass is 10.2. The molecule has 1 aromatic carbocycles. The molecule has 18 heavy (non-hydrogen) atoms. The summed E-state index contributed by atoms with van der Waals surface area (Å²) >= 11 is 0. The fourth-order valence-corrected chi connectivity index (χ4v) is 2.22. The number of hydrogen-bond acceptors (Lipinski definition) is 2. The molecule has 0 bridgehead atoms. The van der Waals surface area contributed by atoms with Gasteiger partial charge in [0.15, 0.2) is 0 Å². The van der Waals surface area contributed by atoms with Gasteiger partial charge < -0.3 is 15.5 Å². The molecule has 4 nitrogen and oxygen atoms in total. The molecule has 0 saturated carbocycles. The summed E-state index contributed by atoms with van der Waals surface area (Å²) in [7, 11) is 0. The molecule has 1 aromatic rings. The molecule has 2 rings (SSSR count). The summed E-state index contributed by atoms with van der Waals surface area (Å²) in [6.45, 7) is 4.90. The van der Waals surface area contributed by atoms with Gasteiger partial charge in [-0.3, -0.25) is 0 Å². The van der Waals surface area contributed by atoms with Gasteiger partial charge in [0.25, 0.3) is 0 Å². The van der Waals surface area contributed by atoms with E-state index < -0.39 is 0 Å². The maximum atomic E-state index is 11.7. The Bertz CT molecular complexity index is 400. The van der Waals surface area contributed by atoms with Crippen molar-refractivity contribution in [1.82, 2.24) is 5.32 Å². The highest BCUT2D eigenvalue weighted by Gasteiger charge is 2.16. The van der Waals surface area contributed by atoms with Crippen molar-refractivity contribution in [3.05, 3.63) is 24.3 Å². The van der Waals surface area contributed by atoms with Crippen molar-refractivity contribution in [2.24, 2.45) is 0 Å². The van der Waals surface area contributed by atoms with Crippen LogP contribution in [-0.2, 0) is 0 Å². The van der Waals surface area contributed by atoms with Gasteiger partial charge in [0, 0.05) is 19.6 Å². The van der Waals surface area contributed by atoms with Crippen molar-refractivity contribution in [3.63, 3.8) is 0 Å². The predicted molar refractivity (Wildman–Crippen MR) is 75.2 cm³/mol. The normalized spacial score (nSPS) is 14.6. The number of amides is 2. The fraction of sp³-hybridized carbons (Fsp3) is 0.500. The van der Waals surface area contributed by atoms with E-state index in [4.69, 9.17) is 0 Å². The largest absolute Gasteiger partial charge is 0.370 e. The molecule has 2 N–H and O–H groups in total. The van der Waals surface area contributed by atoms with Crippen LogP contribution in [0.5, 0.6) is 0 Å². The van der Waals surface area contributed by atoms with Crippen LogP contribution in [0.4, 0.5) is 16.2 Å². The summed E-state index contributed by atoms with van der Waals surface area (Å²) in [5.74, 6) is 0. The van der Waals surface area contributed by atoms with E-state index in [2.05, 4.69) is 21.6 Å². The number of nitrogens with one attached hydrogen (secondary N) is 2. The molecule has 4 heteroatoms. The third-order valence-corrected chi connectivity index (χ3v) is 3.13. The van der Waals surface area contributed by atoms with Gasteiger partial charge >= 0.3 is 6.03 Å². The quantitative estimate of drug-likeness (QED) is 0.859. The summed E-state index contributed by atoms with van der Waals surface area (Å²) in [6.07, 6.45) is 3.41. The zero-order chi connectivity index (χ0) is 12.8. The molecule has 0 radical (unpaired) electrons. The molecule has 98 valence electrons. The Morgan fingerprint density at radius 1 is 1.28 bits per heavy atom. The molecule has 0 aromatic heterocycles. The minimum Gasteiger partial charge on any atom is -0.370 e. The number of nitrogens with zero attached hydrogens (tertiary/aromatic N) is 1. The van der Waals surface area contributed by atoms with Crippen LogP contribution in [0.1, 0.15) is 26.2 Å². The molecular weight excluding hydrogens is 226 g/mol. The van der Waals surface area contributed by atoms with E-state index in [1.807, 2.05) is 25.1 Å². The average Bonchev–Trinajstić information content (AvgIpc) is 2.91. The van der Waals surface area contributed by atoms with Crippen molar-refractivity contribution in [3.8, 4) is 0 Å². The second-order valence-electron chi connectivity index (χ2n) is 4.59. The van der Waals surface area contributed by atoms with Gasteiger partial charge in [0.1, 0.15) is 0 Å². The second-order valence-corrected chi connectivity index (χ2v) is 4.59. The summed E-state index contributed by atoms with van der Waals surface area (Å²) in [5, 5.41) is 5.76. The van der Waals surface area contributed by atoms with Gasteiger partial charge in [-0.15, -0.1) is 0 Å². The van der Waals surface area contributed by atoms with E-state index >= 15 is 0 Å². The van der Waals surface area contributed by atoms with Crippen LogP contribution in [0.15, 0.2) is 24.3 Å². The maximum Gasteiger partial charge on any atom is 0.319 e. The molecule has 2 amide bonds. The Morgan fingerprint density at radius 2 is 2.00 bits per heavy atom. The summed E-state index contributed by atoms with van der Waals surface area (Å²) in [4.78, 5) is 14.0. The Morgan fingerprint density at radius 3 is 2.72 bits per heavy atom. The van der Waals surface area contributed by atoms with Crippen LogP contribution in [0.3, 0.4) is 0 Å². The highest BCUT2D eigenvalue weighted by molar-refractivity contribution is 5.93. The van der Waals surface area contributed by atoms with Crippen LogP contribution >= 0.6 is 0 Å². The molecule has 1 fully saturated rings. The first-order valence-corrected chi connectivity index (χ1v) is 6.70. The minimum absolute atomic E-state index is 0.122. The van der Waals surface area contributed by atoms with Gasteiger partial charge in [0.05, 0.1) is 11.4 Å². The molecule has 1 heterocycles. The first-order valence-electron chi connectivity index (χ1n) is 6.70. The van der Waals surface area contributed by atoms with Crippen LogP contribution in [0, 0.1) is 0 Å². The number of para-hydroxylation sites is 2. The number of benzene rings is 1. The number of urea groups is 1. The van der Waals surface area contributed by atoms with Crippen molar-refractivity contribution >= 4 is 17.4 Å². The maximum absolute atomic E-state index is 11.7. The monoisotopic (exact) mass is 247 g/mol. The van der Waals surface area contributed by atoms with Gasteiger partial charge in [0.2, 0.25) is 0 Å². The molecule has 0 unspecified atom stereocenters. The summed E-state index contributed by atoms with van der Waals surface area (Å²) < 4.78 is 0. The zero-order valence-electron chi connectivity index (χ0n) is 10.9. The van der Waals surface area contributed by atoms with Crippen molar-refractivity contribution in [2.45, 2.75) is 26.2 Å². The molecular formula is C14H21N3O. The van der Waals surface area contributed by atoms with E-state index in [1.54, 1.807) is 0 Å². The molecule has 1 saturated heterocycles. The van der Waals surface area contributed by atoms with E-state index in [0.29, 0.717) is 6.54 Å². The lowest BCUT2D eigenvalue weighted by Gasteiger charge is -2.21. The third-order valence-electron chi connectivity index (χ3n) is 3.13. The van der Waals surface area contributed by atoms with Crippen LogP contribution in [-0.4, -0.2) is 25.7 Å². The molecule has 0 spiro atoms. The number of carbonyl (C=O) groups excluding carboxylic acids is 1. The van der Waals surface area contributed by atoms with Crippen molar-refractivity contribution in [1.29, 1.82) is 0 Å². The van der Waals surface area contributed by atoms with Crippen LogP contribution in [0.2, 0.25) is 0 Å². The first-order chi connectivity index (χ1) is 8.81. The van der Waals surface area contributed by atoms with Crippen molar-refractivity contribution in [2.75, 3.05) is 29.9 Å². The van der Waals surface area contributed by atoms with Gasteiger partial charge in [-0.05, 0) is 31.4 Å². The minimum atomic E-state index is -0.122. The number of anilines is 2. The topological polar surface area (TPSA) is 44.4 Å².